The number of rotatable bonds is 4. The third-order valence-corrected chi connectivity index (χ3v) is 4.71. The number of fused-ring (bicyclic) bond motifs is 1. The van der Waals surface area contributed by atoms with Crippen LogP contribution in [-0.4, -0.2) is 20.6 Å². The summed E-state index contributed by atoms with van der Waals surface area (Å²) in [5.74, 6) is 0.00221. The molecule has 5 heteroatoms. The maximum Gasteiger partial charge on any atom is 0.337 e. The summed E-state index contributed by atoms with van der Waals surface area (Å²) < 4.78 is 2.06. The first-order chi connectivity index (χ1) is 10.1. The zero-order chi connectivity index (χ0) is 15.0. The van der Waals surface area contributed by atoms with Crippen molar-refractivity contribution in [2.75, 3.05) is 0 Å². The molecule has 0 aliphatic heterocycles. The standard InChI is InChI=1S/C16H16N2O2S/c1-3-14-17-12-7-4-6-11(16(19)20)15(12)18(14)10(2)13-8-5-9-21-13/h4-10H,3H2,1-2H3,(H,19,20). The monoisotopic (exact) mass is 300 g/mol. The van der Waals surface area contributed by atoms with E-state index in [0.29, 0.717) is 11.1 Å². The maximum absolute atomic E-state index is 11.5. The maximum atomic E-state index is 11.5. The van der Waals surface area contributed by atoms with Gasteiger partial charge in [0.25, 0.3) is 0 Å². The highest BCUT2D eigenvalue weighted by molar-refractivity contribution is 7.10. The summed E-state index contributed by atoms with van der Waals surface area (Å²) in [5, 5.41) is 11.5. The number of imidazole rings is 1. The molecule has 4 nitrogen and oxygen atoms in total. The third kappa shape index (κ3) is 2.23. The topological polar surface area (TPSA) is 55.1 Å². The molecule has 3 rings (SSSR count). The van der Waals surface area contributed by atoms with Crippen molar-refractivity contribution in [1.29, 1.82) is 0 Å². The van der Waals surface area contributed by atoms with Crippen molar-refractivity contribution in [1.82, 2.24) is 9.55 Å². The van der Waals surface area contributed by atoms with Crippen LogP contribution in [0.4, 0.5) is 0 Å². The van der Waals surface area contributed by atoms with Crippen LogP contribution in [0.1, 0.15) is 40.9 Å². The van der Waals surface area contributed by atoms with Crippen LogP contribution in [0.5, 0.6) is 0 Å². The number of carbonyl (C=O) groups is 1. The van der Waals surface area contributed by atoms with Gasteiger partial charge in [-0.05, 0) is 30.5 Å². The van der Waals surface area contributed by atoms with Crippen LogP contribution in [0.25, 0.3) is 11.0 Å². The van der Waals surface area contributed by atoms with E-state index in [0.717, 1.165) is 17.8 Å². The molecule has 0 aliphatic rings. The van der Waals surface area contributed by atoms with Crippen molar-refractivity contribution >= 4 is 28.3 Å². The van der Waals surface area contributed by atoms with Gasteiger partial charge in [-0.25, -0.2) is 9.78 Å². The zero-order valence-corrected chi connectivity index (χ0v) is 12.7. The molecule has 1 unspecified atom stereocenters. The molecule has 0 saturated carbocycles. The lowest BCUT2D eigenvalue weighted by molar-refractivity contribution is 0.0698. The Kier molecular flexibility index (Phi) is 3.51. The van der Waals surface area contributed by atoms with Gasteiger partial charge in [0.1, 0.15) is 5.82 Å². The molecule has 0 saturated heterocycles. The number of nitrogens with zero attached hydrogens (tertiary/aromatic N) is 2. The Bertz CT molecular complexity index is 790. The predicted octanol–water partition coefficient (Wildman–Crippen LogP) is 3.97. The molecule has 0 radical (unpaired) electrons. The van der Waals surface area contributed by atoms with Crippen molar-refractivity contribution in [2.24, 2.45) is 0 Å². The second kappa shape index (κ2) is 5.33. The normalized spacial score (nSPS) is 12.7. The van der Waals surface area contributed by atoms with Crippen molar-refractivity contribution in [2.45, 2.75) is 26.3 Å². The molecule has 3 aromatic rings. The van der Waals surface area contributed by atoms with Crippen molar-refractivity contribution in [3.8, 4) is 0 Å². The lowest BCUT2D eigenvalue weighted by atomic mass is 10.1. The second-order valence-electron chi connectivity index (χ2n) is 4.92. The Hall–Kier alpha value is -2.14. The summed E-state index contributed by atoms with van der Waals surface area (Å²) in [7, 11) is 0. The highest BCUT2D eigenvalue weighted by Gasteiger charge is 2.21. The number of aryl methyl sites for hydroxylation is 1. The molecule has 0 bridgehead atoms. The van der Waals surface area contributed by atoms with E-state index in [9.17, 15) is 9.90 Å². The van der Waals surface area contributed by atoms with Crippen LogP contribution in [0.2, 0.25) is 0 Å². The van der Waals surface area contributed by atoms with E-state index in [1.807, 2.05) is 24.4 Å². The third-order valence-electron chi connectivity index (χ3n) is 3.67. The number of carboxylic acid groups (broad SMARTS) is 1. The highest BCUT2D eigenvalue weighted by Crippen LogP contribution is 2.30. The van der Waals surface area contributed by atoms with Crippen LogP contribution in [0.15, 0.2) is 35.7 Å². The summed E-state index contributed by atoms with van der Waals surface area (Å²) in [4.78, 5) is 17.3. The quantitative estimate of drug-likeness (QED) is 0.793. The molecular formula is C16H16N2O2S. The van der Waals surface area contributed by atoms with Gasteiger partial charge in [0, 0.05) is 11.3 Å². The Morgan fingerprint density at radius 3 is 2.81 bits per heavy atom. The summed E-state index contributed by atoms with van der Waals surface area (Å²) in [6.45, 7) is 4.13. The van der Waals surface area contributed by atoms with Gasteiger partial charge in [0.05, 0.1) is 22.6 Å². The number of benzene rings is 1. The summed E-state index contributed by atoms with van der Waals surface area (Å²) in [5.41, 5.74) is 1.76. The number of thiophene rings is 1. The van der Waals surface area contributed by atoms with Gasteiger partial charge in [-0.2, -0.15) is 0 Å². The van der Waals surface area contributed by atoms with Crippen molar-refractivity contribution < 1.29 is 9.90 Å². The zero-order valence-electron chi connectivity index (χ0n) is 11.9. The van der Waals surface area contributed by atoms with Gasteiger partial charge >= 0.3 is 5.97 Å². The van der Waals surface area contributed by atoms with E-state index in [2.05, 4.69) is 22.5 Å². The van der Waals surface area contributed by atoms with E-state index in [4.69, 9.17) is 0 Å². The van der Waals surface area contributed by atoms with Crippen LogP contribution < -0.4 is 0 Å². The number of para-hydroxylation sites is 1. The molecule has 2 aromatic heterocycles. The first kappa shape index (κ1) is 13.8. The average molecular weight is 300 g/mol. The average Bonchev–Trinajstić information content (AvgIpc) is 3.12. The molecule has 0 spiro atoms. The fourth-order valence-electron chi connectivity index (χ4n) is 2.69. The Balaban J connectivity index is 2.31. The molecule has 0 amide bonds. The van der Waals surface area contributed by atoms with E-state index in [1.54, 1.807) is 23.5 Å². The minimum absolute atomic E-state index is 0.0745. The Labute approximate surface area is 126 Å². The van der Waals surface area contributed by atoms with Gasteiger partial charge in [-0.15, -0.1) is 11.3 Å². The highest BCUT2D eigenvalue weighted by atomic mass is 32.1. The van der Waals surface area contributed by atoms with E-state index < -0.39 is 5.97 Å². The van der Waals surface area contributed by atoms with E-state index in [-0.39, 0.29) is 6.04 Å². The van der Waals surface area contributed by atoms with Crippen molar-refractivity contribution in [3.05, 3.63) is 52.0 Å². The first-order valence-corrected chi connectivity index (χ1v) is 7.78. The molecule has 108 valence electrons. The Morgan fingerprint density at radius 2 is 2.19 bits per heavy atom. The fraction of sp³-hybridized carbons (Fsp3) is 0.250. The summed E-state index contributed by atoms with van der Waals surface area (Å²) in [6, 6.07) is 9.43. The van der Waals surface area contributed by atoms with Gasteiger partial charge in [-0.1, -0.05) is 19.1 Å². The molecule has 0 aliphatic carbocycles. The van der Waals surface area contributed by atoms with Crippen molar-refractivity contribution in [3.63, 3.8) is 0 Å². The molecule has 1 aromatic carbocycles. The molecular weight excluding hydrogens is 284 g/mol. The number of aromatic nitrogens is 2. The van der Waals surface area contributed by atoms with Crippen LogP contribution in [0, 0.1) is 0 Å². The number of aromatic carboxylic acids is 1. The van der Waals surface area contributed by atoms with Crippen LogP contribution in [-0.2, 0) is 6.42 Å². The van der Waals surface area contributed by atoms with Gasteiger partial charge in [-0.3, -0.25) is 0 Å². The van der Waals surface area contributed by atoms with Gasteiger partial charge in [0.2, 0.25) is 0 Å². The van der Waals surface area contributed by atoms with Crippen LogP contribution >= 0.6 is 11.3 Å². The molecule has 21 heavy (non-hydrogen) atoms. The van der Waals surface area contributed by atoms with Crippen LogP contribution in [0.3, 0.4) is 0 Å². The van der Waals surface area contributed by atoms with E-state index >= 15 is 0 Å². The van der Waals surface area contributed by atoms with Gasteiger partial charge < -0.3 is 9.67 Å². The van der Waals surface area contributed by atoms with Gasteiger partial charge in [0.15, 0.2) is 0 Å². The minimum atomic E-state index is -0.914. The molecule has 1 atom stereocenters. The first-order valence-electron chi connectivity index (χ1n) is 6.90. The smallest absolute Gasteiger partial charge is 0.337 e. The fourth-order valence-corrected chi connectivity index (χ4v) is 3.47. The lowest BCUT2D eigenvalue weighted by Gasteiger charge is -2.16. The molecule has 1 N–H and O–H groups in total. The SMILES string of the molecule is CCc1nc2cccc(C(=O)O)c2n1C(C)c1cccs1. The summed E-state index contributed by atoms with van der Waals surface area (Å²) in [6.07, 6.45) is 0.767. The predicted molar refractivity (Wildman–Crippen MR) is 84.2 cm³/mol. The number of carboxylic acids is 1. The Morgan fingerprint density at radius 1 is 1.38 bits per heavy atom. The second-order valence-corrected chi connectivity index (χ2v) is 5.90. The molecule has 2 heterocycles. The number of hydrogen-bond acceptors (Lipinski definition) is 3. The lowest BCUT2D eigenvalue weighted by Crippen LogP contribution is -2.11. The number of hydrogen-bond donors (Lipinski definition) is 1. The summed E-state index contributed by atoms with van der Waals surface area (Å²) >= 11 is 1.68. The minimum Gasteiger partial charge on any atom is -0.478 e. The molecule has 0 fully saturated rings. The largest absolute Gasteiger partial charge is 0.478 e. The van der Waals surface area contributed by atoms with E-state index in [1.165, 1.54) is 4.88 Å².